The Kier molecular flexibility index (Phi) is 4.64. The van der Waals surface area contributed by atoms with Gasteiger partial charge in [0.25, 0.3) is 0 Å². The molecule has 17 heavy (non-hydrogen) atoms. The van der Waals surface area contributed by atoms with E-state index in [4.69, 9.17) is 9.05 Å². The van der Waals surface area contributed by atoms with Crippen molar-refractivity contribution in [2.75, 3.05) is 6.16 Å². The first-order chi connectivity index (χ1) is 8.00. The van der Waals surface area contributed by atoms with Crippen LogP contribution >= 0.6 is 7.72 Å². The highest BCUT2D eigenvalue weighted by Gasteiger charge is 2.48. The molecule has 1 aromatic carbocycles. The lowest BCUT2D eigenvalue weighted by molar-refractivity contribution is -0.135. The summed E-state index contributed by atoms with van der Waals surface area (Å²) in [7, 11) is -2.64. The molecule has 0 aliphatic carbocycles. The van der Waals surface area contributed by atoms with Gasteiger partial charge in [-0.15, -0.1) is 0 Å². The van der Waals surface area contributed by atoms with Crippen LogP contribution in [0.5, 0.6) is 0 Å². The summed E-state index contributed by atoms with van der Waals surface area (Å²) in [4.78, 5) is 22.4. The van der Waals surface area contributed by atoms with Crippen LogP contribution in [0.2, 0.25) is 0 Å². The largest absolute Gasteiger partial charge is 0.405 e. The third-order valence-corrected chi connectivity index (χ3v) is 5.14. The third kappa shape index (κ3) is 3.53. The third-order valence-electron chi connectivity index (χ3n) is 2.12. The first-order valence-corrected chi connectivity index (χ1v) is 7.15. The van der Waals surface area contributed by atoms with Crippen molar-refractivity contribution in [1.82, 2.24) is 0 Å². The van der Waals surface area contributed by atoms with Crippen LogP contribution < -0.4 is 5.30 Å². The van der Waals surface area contributed by atoms with E-state index in [0.29, 0.717) is 6.16 Å². The molecule has 0 atom stereocenters. The van der Waals surface area contributed by atoms with Crippen LogP contribution in [0.3, 0.4) is 0 Å². The fourth-order valence-electron chi connectivity index (χ4n) is 1.51. The van der Waals surface area contributed by atoms with Gasteiger partial charge in [0.05, 0.1) is 0 Å². The first-order valence-electron chi connectivity index (χ1n) is 5.34. The van der Waals surface area contributed by atoms with Crippen LogP contribution in [-0.2, 0) is 18.6 Å². The van der Waals surface area contributed by atoms with Gasteiger partial charge in [-0.05, 0) is 19.1 Å². The molecule has 0 aromatic heterocycles. The second-order valence-electron chi connectivity index (χ2n) is 3.49. The molecule has 1 rings (SSSR count). The Hall–Kier alpha value is -1.41. The van der Waals surface area contributed by atoms with Gasteiger partial charge in [-0.1, -0.05) is 18.2 Å². The van der Waals surface area contributed by atoms with E-state index in [1.165, 1.54) is 13.8 Å². The maximum Gasteiger partial charge on any atom is 0.405 e. The van der Waals surface area contributed by atoms with E-state index in [-0.39, 0.29) is 0 Å². The molecular formula is C12H16O4P+. The quantitative estimate of drug-likeness (QED) is 0.775. The van der Waals surface area contributed by atoms with E-state index < -0.39 is 19.7 Å². The lowest BCUT2D eigenvalue weighted by atomic mass is 10.4. The van der Waals surface area contributed by atoms with E-state index in [9.17, 15) is 9.59 Å². The van der Waals surface area contributed by atoms with Crippen molar-refractivity contribution in [2.24, 2.45) is 0 Å². The molecule has 4 nitrogen and oxygen atoms in total. The van der Waals surface area contributed by atoms with E-state index in [0.717, 1.165) is 5.30 Å². The highest BCUT2D eigenvalue weighted by molar-refractivity contribution is 7.74. The average molecular weight is 255 g/mol. The van der Waals surface area contributed by atoms with Gasteiger partial charge in [-0.2, -0.15) is 0 Å². The van der Waals surface area contributed by atoms with E-state index in [2.05, 4.69) is 0 Å². The van der Waals surface area contributed by atoms with Crippen molar-refractivity contribution in [3.05, 3.63) is 30.3 Å². The highest BCUT2D eigenvalue weighted by Crippen LogP contribution is 2.59. The lowest BCUT2D eigenvalue weighted by Gasteiger charge is -2.19. The molecule has 0 heterocycles. The van der Waals surface area contributed by atoms with Gasteiger partial charge in [-0.25, -0.2) is 9.59 Å². The van der Waals surface area contributed by atoms with Crippen molar-refractivity contribution >= 4 is 25.0 Å². The Balaban J connectivity index is 3.15. The second-order valence-corrected chi connectivity index (χ2v) is 6.35. The van der Waals surface area contributed by atoms with Gasteiger partial charge >= 0.3 is 19.7 Å². The Bertz CT molecular complexity index is 386. The number of carbonyl (C=O) groups is 2. The van der Waals surface area contributed by atoms with Crippen molar-refractivity contribution in [1.29, 1.82) is 0 Å². The molecule has 0 saturated heterocycles. The van der Waals surface area contributed by atoms with Crippen LogP contribution in [0.15, 0.2) is 30.3 Å². The Morgan fingerprint density at radius 1 is 1.06 bits per heavy atom. The molecule has 0 aliphatic heterocycles. The molecule has 0 unspecified atom stereocenters. The van der Waals surface area contributed by atoms with Gasteiger partial charge < -0.3 is 0 Å². The minimum Gasteiger partial charge on any atom is -0.267 e. The molecule has 0 fully saturated rings. The van der Waals surface area contributed by atoms with E-state index in [1.54, 1.807) is 0 Å². The molecule has 0 amide bonds. The zero-order chi connectivity index (χ0) is 12.9. The summed E-state index contributed by atoms with van der Waals surface area (Å²) in [6.45, 7) is 4.47. The Morgan fingerprint density at radius 2 is 1.53 bits per heavy atom. The molecule has 1 aromatic rings. The Labute approximate surface area is 101 Å². The topological polar surface area (TPSA) is 52.6 Å². The van der Waals surface area contributed by atoms with Crippen molar-refractivity contribution in [3.8, 4) is 0 Å². The average Bonchev–Trinajstić information content (AvgIpc) is 2.28. The van der Waals surface area contributed by atoms with E-state index in [1.807, 2.05) is 37.3 Å². The zero-order valence-corrected chi connectivity index (χ0v) is 11.1. The maximum absolute atomic E-state index is 11.2. The number of hydrogen-bond acceptors (Lipinski definition) is 4. The molecule has 0 radical (unpaired) electrons. The first kappa shape index (κ1) is 13.7. The van der Waals surface area contributed by atoms with Crippen LogP contribution in [0, 0.1) is 0 Å². The monoisotopic (exact) mass is 255 g/mol. The summed E-state index contributed by atoms with van der Waals surface area (Å²) in [5, 5.41) is 0.757. The maximum atomic E-state index is 11.2. The predicted molar refractivity (Wildman–Crippen MR) is 67.1 cm³/mol. The summed E-state index contributed by atoms with van der Waals surface area (Å²) in [6.07, 6.45) is 0.468. The van der Waals surface area contributed by atoms with Crippen LogP contribution in [0.1, 0.15) is 20.8 Å². The van der Waals surface area contributed by atoms with Crippen molar-refractivity contribution in [3.63, 3.8) is 0 Å². The van der Waals surface area contributed by atoms with E-state index >= 15 is 0 Å². The summed E-state index contributed by atoms with van der Waals surface area (Å²) in [5.41, 5.74) is 0. The molecular weight excluding hydrogens is 239 g/mol. The molecule has 5 heteroatoms. The van der Waals surface area contributed by atoms with Gasteiger partial charge in [-0.3, -0.25) is 9.05 Å². The fourth-order valence-corrected chi connectivity index (χ4v) is 3.83. The molecule has 0 aliphatic rings. The number of benzene rings is 1. The highest BCUT2D eigenvalue weighted by atomic mass is 31.2. The molecule has 0 saturated carbocycles. The Morgan fingerprint density at radius 3 is 1.88 bits per heavy atom. The molecule has 0 N–H and O–H groups in total. The molecule has 0 spiro atoms. The SMILES string of the molecule is CC[P+](OC(C)=O)(OC(C)=O)c1ccccc1. The number of rotatable bonds is 4. The number of carbonyl (C=O) groups excluding carboxylic acids is 2. The van der Waals surface area contributed by atoms with Gasteiger partial charge in [0.15, 0.2) is 5.30 Å². The van der Waals surface area contributed by atoms with Gasteiger partial charge in [0, 0.05) is 13.8 Å². The fraction of sp³-hybridized carbons (Fsp3) is 0.333. The van der Waals surface area contributed by atoms with Gasteiger partial charge in [0.2, 0.25) is 0 Å². The van der Waals surface area contributed by atoms with Crippen LogP contribution in [0.4, 0.5) is 0 Å². The van der Waals surface area contributed by atoms with Crippen molar-refractivity contribution < 1.29 is 18.6 Å². The summed E-state index contributed by atoms with van der Waals surface area (Å²) < 4.78 is 10.6. The summed E-state index contributed by atoms with van der Waals surface area (Å²) in [6, 6.07) is 9.13. The molecule has 92 valence electrons. The summed E-state index contributed by atoms with van der Waals surface area (Å²) >= 11 is 0. The molecule has 0 bridgehead atoms. The standard InChI is InChI=1S/C12H16O4P/c1-4-17(15-10(2)13,16-11(3)14)12-8-6-5-7-9-12/h5-9H,4H2,1-3H3/q+1. The number of hydrogen-bond donors (Lipinski definition) is 0. The minimum atomic E-state index is -2.64. The second kappa shape index (κ2) is 5.78. The predicted octanol–water partition coefficient (Wildman–Crippen LogP) is 2.31. The zero-order valence-electron chi connectivity index (χ0n) is 10.2. The smallest absolute Gasteiger partial charge is 0.267 e. The van der Waals surface area contributed by atoms with Crippen molar-refractivity contribution in [2.45, 2.75) is 20.8 Å². The van der Waals surface area contributed by atoms with Crippen LogP contribution in [-0.4, -0.2) is 18.1 Å². The summed E-state index contributed by atoms with van der Waals surface area (Å²) in [5.74, 6) is -0.879. The van der Waals surface area contributed by atoms with Gasteiger partial charge in [0.1, 0.15) is 6.16 Å². The van der Waals surface area contributed by atoms with Crippen LogP contribution in [0.25, 0.3) is 0 Å². The minimum absolute atomic E-state index is 0.440. The lowest BCUT2D eigenvalue weighted by Crippen LogP contribution is -2.22. The normalized spacial score (nSPS) is 10.8.